The van der Waals surface area contributed by atoms with Gasteiger partial charge in [-0.2, -0.15) is 0 Å². The Morgan fingerprint density at radius 3 is 2.38 bits per heavy atom. The lowest BCUT2D eigenvalue weighted by Crippen LogP contribution is -2.10. The monoisotopic (exact) mass is 445 g/mol. The average Bonchev–Trinajstić information content (AvgIpc) is 2.76. The molecule has 0 spiro atoms. The third kappa shape index (κ3) is 5.39. The summed E-state index contributed by atoms with van der Waals surface area (Å²) in [4.78, 5) is 18.9. The van der Waals surface area contributed by atoms with Crippen LogP contribution in [0.3, 0.4) is 0 Å². The summed E-state index contributed by atoms with van der Waals surface area (Å²) in [5.41, 5.74) is 1.39. The zero-order valence-electron chi connectivity index (χ0n) is 17.6. The third-order valence-electron chi connectivity index (χ3n) is 4.45. The average molecular weight is 445 g/mol. The molecule has 1 heterocycles. The SMILES string of the molecule is COc1cc(C)c(F)c(COc2cnc(Nc3ccc(OCC(=O)O)c(C)c3)nc2)c1F. The molecule has 168 valence electrons. The fourth-order valence-corrected chi connectivity index (χ4v) is 2.85. The fourth-order valence-electron chi connectivity index (χ4n) is 2.85. The zero-order valence-corrected chi connectivity index (χ0v) is 17.6. The van der Waals surface area contributed by atoms with Crippen LogP contribution in [0.1, 0.15) is 16.7 Å². The molecule has 0 saturated heterocycles. The van der Waals surface area contributed by atoms with E-state index >= 15 is 0 Å². The predicted octanol–water partition coefficient (Wildman–Crippen LogP) is 4.17. The van der Waals surface area contributed by atoms with Gasteiger partial charge in [0.2, 0.25) is 5.95 Å². The molecule has 0 amide bonds. The minimum Gasteiger partial charge on any atom is -0.494 e. The number of aryl methyl sites for hydroxylation is 2. The number of nitrogens with one attached hydrogen (secondary N) is 1. The number of aromatic nitrogens is 2. The van der Waals surface area contributed by atoms with Gasteiger partial charge in [0.1, 0.15) is 18.2 Å². The molecule has 32 heavy (non-hydrogen) atoms. The van der Waals surface area contributed by atoms with Crippen LogP contribution in [0, 0.1) is 25.5 Å². The summed E-state index contributed by atoms with van der Waals surface area (Å²) >= 11 is 0. The van der Waals surface area contributed by atoms with Crippen molar-refractivity contribution < 1.29 is 32.9 Å². The van der Waals surface area contributed by atoms with Gasteiger partial charge in [-0.1, -0.05) is 0 Å². The van der Waals surface area contributed by atoms with Gasteiger partial charge < -0.3 is 24.6 Å². The molecular formula is C22H21F2N3O5. The molecule has 0 saturated carbocycles. The van der Waals surface area contributed by atoms with E-state index in [1.54, 1.807) is 25.1 Å². The second-order valence-corrected chi connectivity index (χ2v) is 6.82. The number of hydrogen-bond donors (Lipinski definition) is 2. The lowest BCUT2D eigenvalue weighted by atomic mass is 10.1. The van der Waals surface area contributed by atoms with Crippen molar-refractivity contribution in [3.05, 3.63) is 65.0 Å². The summed E-state index contributed by atoms with van der Waals surface area (Å²) < 4.78 is 44.2. The first-order valence-electron chi connectivity index (χ1n) is 9.47. The molecule has 0 bridgehead atoms. The van der Waals surface area contributed by atoms with E-state index in [1.165, 1.54) is 32.5 Å². The highest BCUT2D eigenvalue weighted by molar-refractivity contribution is 5.68. The zero-order chi connectivity index (χ0) is 23.3. The number of halogens is 2. The van der Waals surface area contributed by atoms with Crippen LogP contribution in [-0.2, 0) is 11.4 Å². The smallest absolute Gasteiger partial charge is 0.341 e. The van der Waals surface area contributed by atoms with Gasteiger partial charge in [-0.25, -0.2) is 23.5 Å². The molecule has 8 nitrogen and oxygen atoms in total. The predicted molar refractivity (Wildman–Crippen MR) is 112 cm³/mol. The first-order chi connectivity index (χ1) is 15.3. The Hall–Kier alpha value is -3.95. The Morgan fingerprint density at radius 1 is 1.03 bits per heavy atom. The first-order valence-corrected chi connectivity index (χ1v) is 9.47. The van der Waals surface area contributed by atoms with Gasteiger partial charge in [0, 0.05) is 5.69 Å². The standard InChI is InChI=1S/C22H21F2N3O5/c1-12-6-14(4-5-17(12)32-11-19(28)29)27-22-25-8-15(9-26-22)31-10-16-20(23)13(2)7-18(30-3)21(16)24/h4-9H,10-11H2,1-3H3,(H,28,29)(H,25,26,27). The lowest BCUT2D eigenvalue weighted by Gasteiger charge is -2.13. The maximum absolute atomic E-state index is 14.3. The molecule has 1 aromatic heterocycles. The summed E-state index contributed by atoms with van der Waals surface area (Å²) in [6.07, 6.45) is 2.74. The summed E-state index contributed by atoms with van der Waals surface area (Å²) in [7, 11) is 1.30. The number of nitrogens with zero attached hydrogens (tertiary/aromatic N) is 2. The summed E-state index contributed by atoms with van der Waals surface area (Å²) in [6.45, 7) is 2.50. The topological polar surface area (TPSA) is 103 Å². The van der Waals surface area contributed by atoms with Crippen molar-refractivity contribution in [2.45, 2.75) is 20.5 Å². The summed E-state index contributed by atoms with van der Waals surface area (Å²) in [5, 5.41) is 11.7. The van der Waals surface area contributed by atoms with E-state index < -0.39 is 24.2 Å². The number of aliphatic carboxylic acids is 1. The first kappa shape index (κ1) is 22.7. The van der Waals surface area contributed by atoms with E-state index in [9.17, 15) is 13.6 Å². The second-order valence-electron chi connectivity index (χ2n) is 6.82. The highest BCUT2D eigenvalue weighted by Gasteiger charge is 2.18. The van der Waals surface area contributed by atoms with Crippen LogP contribution in [0.2, 0.25) is 0 Å². The number of carboxylic acids is 1. The van der Waals surface area contributed by atoms with E-state index in [4.69, 9.17) is 19.3 Å². The molecule has 0 atom stereocenters. The molecule has 10 heteroatoms. The van der Waals surface area contributed by atoms with E-state index in [0.717, 1.165) is 5.56 Å². The quantitative estimate of drug-likeness (QED) is 0.506. The van der Waals surface area contributed by atoms with Crippen molar-refractivity contribution in [1.29, 1.82) is 0 Å². The van der Waals surface area contributed by atoms with Crippen molar-refractivity contribution in [1.82, 2.24) is 9.97 Å². The molecule has 0 aliphatic carbocycles. The summed E-state index contributed by atoms with van der Waals surface area (Å²) in [6, 6.07) is 6.36. The van der Waals surface area contributed by atoms with Gasteiger partial charge in [-0.3, -0.25) is 0 Å². The highest BCUT2D eigenvalue weighted by Crippen LogP contribution is 2.27. The number of ether oxygens (including phenoxy) is 3. The molecule has 2 aromatic carbocycles. The Labute approximate surface area is 182 Å². The molecule has 0 radical (unpaired) electrons. The number of carbonyl (C=O) groups is 1. The van der Waals surface area contributed by atoms with E-state index in [1.807, 2.05) is 0 Å². The Bertz CT molecular complexity index is 1120. The van der Waals surface area contributed by atoms with Crippen LogP contribution < -0.4 is 19.5 Å². The lowest BCUT2D eigenvalue weighted by molar-refractivity contribution is -0.139. The third-order valence-corrected chi connectivity index (χ3v) is 4.45. The molecule has 0 aliphatic heterocycles. The van der Waals surface area contributed by atoms with E-state index in [-0.39, 0.29) is 35.2 Å². The maximum Gasteiger partial charge on any atom is 0.341 e. The van der Waals surface area contributed by atoms with Gasteiger partial charge in [-0.15, -0.1) is 0 Å². The minimum atomic E-state index is -1.06. The van der Waals surface area contributed by atoms with Crippen LogP contribution in [0.5, 0.6) is 17.2 Å². The number of benzene rings is 2. The largest absolute Gasteiger partial charge is 0.494 e. The number of rotatable bonds is 9. The molecule has 0 fully saturated rings. The van der Waals surface area contributed by atoms with Crippen molar-refractivity contribution in [2.75, 3.05) is 19.0 Å². The Balaban J connectivity index is 1.64. The van der Waals surface area contributed by atoms with Crippen molar-refractivity contribution in [2.24, 2.45) is 0 Å². The van der Waals surface area contributed by atoms with E-state index in [0.29, 0.717) is 11.4 Å². The second kappa shape index (κ2) is 9.90. The van der Waals surface area contributed by atoms with Gasteiger partial charge >= 0.3 is 5.97 Å². The van der Waals surface area contributed by atoms with Crippen LogP contribution in [0.4, 0.5) is 20.4 Å². The molecule has 3 rings (SSSR count). The van der Waals surface area contributed by atoms with Crippen molar-refractivity contribution in [3.63, 3.8) is 0 Å². The molecule has 0 aliphatic rings. The Morgan fingerprint density at radius 2 is 1.75 bits per heavy atom. The number of methoxy groups -OCH3 is 1. The maximum atomic E-state index is 14.3. The Kier molecular flexibility index (Phi) is 7.04. The molecule has 3 aromatic rings. The number of anilines is 2. The van der Waals surface area contributed by atoms with Gasteiger partial charge in [0.05, 0.1) is 25.1 Å². The van der Waals surface area contributed by atoms with Gasteiger partial charge in [0.15, 0.2) is 23.9 Å². The normalized spacial score (nSPS) is 10.5. The van der Waals surface area contributed by atoms with Gasteiger partial charge in [0.25, 0.3) is 0 Å². The fraction of sp³-hybridized carbons (Fsp3) is 0.227. The molecule has 0 unspecified atom stereocenters. The molecule has 2 N–H and O–H groups in total. The number of carboxylic acid groups (broad SMARTS) is 1. The van der Waals surface area contributed by atoms with Crippen molar-refractivity contribution in [3.8, 4) is 17.2 Å². The minimum absolute atomic E-state index is 0.0621. The summed E-state index contributed by atoms with van der Waals surface area (Å²) in [5.74, 6) is -1.69. The van der Waals surface area contributed by atoms with E-state index in [2.05, 4.69) is 15.3 Å². The number of hydrogen-bond acceptors (Lipinski definition) is 7. The van der Waals surface area contributed by atoms with Crippen LogP contribution in [0.15, 0.2) is 36.7 Å². The van der Waals surface area contributed by atoms with Crippen LogP contribution in [0.25, 0.3) is 0 Å². The van der Waals surface area contributed by atoms with Crippen molar-refractivity contribution >= 4 is 17.6 Å². The highest BCUT2D eigenvalue weighted by atomic mass is 19.1. The van der Waals surface area contributed by atoms with Crippen LogP contribution in [-0.4, -0.2) is 34.8 Å². The molecular weight excluding hydrogens is 424 g/mol. The van der Waals surface area contributed by atoms with Crippen LogP contribution >= 0.6 is 0 Å². The van der Waals surface area contributed by atoms with Gasteiger partial charge in [-0.05, 0) is 49.2 Å².